The number of halogens is 1. The molecule has 0 atom stereocenters. The Morgan fingerprint density at radius 3 is 2.75 bits per heavy atom. The molecule has 1 amide bonds. The van der Waals surface area contributed by atoms with Crippen LogP contribution in [0.2, 0.25) is 5.02 Å². The summed E-state index contributed by atoms with van der Waals surface area (Å²) in [4.78, 5) is 22.3. The number of thiazole rings is 1. The van der Waals surface area contributed by atoms with Crippen LogP contribution in [0.15, 0.2) is 42.5 Å². The maximum Gasteiger partial charge on any atom is 0.260 e. The number of unbranched alkanes of at least 4 members (excludes halogenated alkanes) is 1. The highest BCUT2D eigenvalue weighted by molar-refractivity contribution is 7.22. The molecule has 1 saturated heterocycles. The predicted octanol–water partition coefficient (Wildman–Crippen LogP) is 5.11. The number of carbonyl (C=O) groups is 1. The Bertz CT molecular complexity index is 1030. The number of morpholine rings is 1. The van der Waals surface area contributed by atoms with Crippen LogP contribution < -0.4 is 9.64 Å². The predicted molar refractivity (Wildman–Crippen MR) is 130 cm³/mol. The number of rotatable bonds is 9. The van der Waals surface area contributed by atoms with Crippen molar-refractivity contribution in [3.63, 3.8) is 0 Å². The zero-order valence-electron chi connectivity index (χ0n) is 18.3. The number of nitrogens with zero attached hydrogens (tertiary/aromatic N) is 3. The van der Waals surface area contributed by atoms with Gasteiger partial charge in [-0.3, -0.25) is 14.6 Å². The average molecular weight is 474 g/mol. The molecule has 1 aliphatic rings. The number of fused-ring (bicyclic) bond motifs is 1. The van der Waals surface area contributed by atoms with Crippen LogP contribution in [0.25, 0.3) is 10.2 Å². The monoisotopic (exact) mass is 473 g/mol. The lowest BCUT2D eigenvalue weighted by atomic mass is 10.2. The maximum absolute atomic E-state index is 13.5. The molecule has 0 N–H and O–H groups in total. The van der Waals surface area contributed by atoms with Crippen molar-refractivity contribution in [1.82, 2.24) is 9.88 Å². The van der Waals surface area contributed by atoms with Gasteiger partial charge in [0.15, 0.2) is 5.13 Å². The van der Waals surface area contributed by atoms with Gasteiger partial charge in [-0.15, -0.1) is 0 Å². The number of ether oxygens (including phenoxy) is 2. The zero-order chi connectivity index (χ0) is 22.3. The van der Waals surface area contributed by atoms with Gasteiger partial charge in [-0.25, -0.2) is 4.98 Å². The third-order valence-corrected chi connectivity index (χ3v) is 6.70. The minimum absolute atomic E-state index is 0.0662. The molecule has 2 heterocycles. The lowest BCUT2D eigenvalue weighted by molar-refractivity contribution is 0.0391. The van der Waals surface area contributed by atoms with Gasteiger partial charge in [-0.1, -0.05) is 36.3 Å². The second kappa shape index (κ2) is 11.1. The summed E-state index contributed by atoms with van der Waals surface area (Å²) in [6.45, 7) is 7.35. The van der Waals surface area contributed by atoms with E-state index >= 15 is 0 Å². The molecule has 1 aliphatic heterocycles. The molecule has 0 spiro atoms. The van der Waals surface area contributed by atoms with Gasteiger partial charge in [0.25, 0.3) is 5.91 Å². The average Bonchev–Trinajstić information content (AvgIpc) is 3.23. The molecule has 32 heavy (non-hydrogen) atoms. The van der Waals surface area contributed by atoms with Gasteiger partial charge in [0.05, 0.1) is 30.0 Å². The van der Waals surface area contributed by atoms with Gasteiger partial charge >= 0.3 is 0 Å². The van der Waals surface area contributed by atoms with Crippen LogP contribution in [0.3, 0.4) is 0 Å². The van der Waals surface area contributed by atoms with Crippen LogP contribution in [0.5, 0.6) is 5.75 Å². The van der Waals surface area contributed by atoms with Crippen molar-refractivity contribution in [2.24, 2.45) is 0 Å². The summed E-state index contributed by atoms with van der Waals surface area (Å²) >= 11 is 7.64. The first kappa shape index (κ1) is 23.0. The Morgan fingerprint density at radius 2 is 2.00 bits per heavy atom. The van der Waals surface area contributed by atoms with E-state index in [1.165, 1.54) is 11.3 Å². The zero-order valence-corrected chi connectivity index (χ0v) is 19.8. The summed E-state index contributed by atoms with van der Waals surface area (Å²) in [6, 6.07) is 13.0. The van der Waals surface area contributed by atoms with Crippen molar-refractivity contribution >= 4 is 44.2 Å². The Balaban J connectivity index is 1.54. The molecule has 0 bridgehead atoms. The topological polar surface area (TPSA) is 54.9 Å². The van der Waals surface area contributed by atoms with E-state index in [0.717, 1.165) is 61.7 Å². The van der Waals surface area contributed by atoms with Crippen molar-refractivity contribution in [2.45, 2.75) is 19.8 Å². The van der Waals surface area contributed by atoms with Crippen LogP contribution >= 0.6 is 22.9 Å². The van der Waals surface area contributed by atoms with Crippen LogP contribution in [0.1, 0.15) is 30.1 Å². The minimum atomic E-state index is -0.0662. The highest BCUT2D eigenvalue weighted by Gasteiger charge is 2.23. The van der Waals surface area contributed by atoms with E-state index in [-0.39, 0.29) is 5.91 Å². The molecule has 0 aliphatic carbocycles. The molecule has 0 unspecified atom stereocenters. The molecule has 170 valence electrons. The number of hydrogen-bond donors (Lipinski definition) is 0. The largest absolute Gasteiger partial charge is 0.494 e. The summed E-state index contributed by atoms with van der Waals surface area (Å²) in [5.74, 6) is 0.716. The summed E-state index contributed by atoms with van der Waals surface area (Å²) in [6.07, 6.45) is 2.10. The summed E-state index contributed by atoms with van der Waals surface area (Å²) in [7, 11) is 0. The van der Waals surface area contributed by atoms with Crippen molar-refractivity contribution in [1.29, 1.82) is 0 Å². The first-order valence-electron chi connectivity index (χ1n) is 11.0. The molecule has 4 rings (SSSR count). The summed E-state index contributed by atoms with van der Waals surface area (Å²) in [5.41, 5.74) is 1.46. The SMILES string of the molecule is CCCCOc1ccc(C(=O)N(CCN2CCOCC2)c2nc3ccc(Cl)cc3s2)cc1. The van der Waals surface area contributed by atoms with E-state index in [1.54, 1.807) is 4.90 Å². The van der Waals surface area contributed by atoms with Gasteiger partial charge in [0.2, 0.25) is 0 Å². The molecule has 0 radical (unpaired) electrons. The quantitative estimate of drug-likeness (QED) is 0.404. The molecule has 1 aromatic heterocycles. The standard InChI is InChI=1S/C24H28ClN3O3S/c1-2-3-14-31-20-7-4-18(5-8-20)23(29)28(11-10-27-12-15-30-16-13-27)24-26-21-9-6-19(25)17-22(21)32-24/h4-9,17H,2-3,10-16H2,1H3. The molecule has 3 aromatic rings. The van der Waals surface area contributed by atoms with E-state index < -0.39 is 0 Å². The number of carbonyl (C=O) groups excluding carboxylic acids is 1. The van der Waals surface area contributed by atoms with Gasteiger partial charge in [0.1, 0.15) is 5.75 Å². The number of amides is 1. The summed E-state index contributed by atoms with van der Waals surface area (Å²) in [5, 5.41) is 1.35. The van der Waals surface area contributed by atoms with Crippen molar-refractivity contribution in [3.05, 3.63) is 53.1 Å². The van der Waals surface area contributed by atoms with Crippen molar-refractivity contribution < 1.29 is 14.3 Å². The molecule has 2 aromatic carbocycles. The van der Waals surface area contributed by atoms with Crippen molar-refractivity contribution in [2.75, 3.05) is 50.9 Å². The fourth-order valence-corrected chi connectivity index (χ4v) is 4.80. The van der Waals surface area contributed by atoms with E-state index in [9.17, 15) is 4.79 Å². The lowest BCUT2D eigenvalue weighted by Crippen LogP contribution is -2.43. The highest BCUT2D eigenvalue weighted by atomic mass is 35.5. The van der Waals surface area contributed by atoms with E-state index in [0.29, 0.717) is 28.9 Å². The second-order valence-corrected chi connectivity index (χ2v) is 9.19. The first-order valence-corrected chi connectivity index (χ1v) is 12.2. The first-order chi connectivity index (χ1) is 15.6. The number of aromatic nitrogens is 1. The van der Waals surface area contributed by atoms with Gasteiger partial charge in [-0.2, -0.15) is 0 Å². The van der Waals surface area contributed by atoms with E-state index in [1.807, 2.05) is 42.5 Å². The maximum atomic E-state index is 13.5. The molecular weight excluding hydrogens is 446 g/mol. The third-order valence-electron chi connectivity index (χ3n) is 5.43. The highest BCUT2D eigenvalue weighted by Crippen LogP contribution is 2.31. The van der Waals surface area contributed by atoms with Gasteiger partial charge in [-0.05, 0) is 48.9 Å². The number of anilines is 1. The van der Waals surface area contributed by atoms with E-state index in [2.05, 4.69) is 11.8 Å². The Hall–Kier alpha value is -2.19. The Labute approximate surface area is 197 Å². The van der Waals surface area contributed by atoms with Crippen LogP contribution in [0.4, 0.5) is 5.13 Å². The smallest absolute Gasteiger partial charge is 0.260 e. The van der Waals surface area contributed by atoms with Crippen LogP contribution in [-0.4, -0.2) is 61.8 Å². The van der Waals surface area contributed by atoms with Gasteiger partial charge in [0, 0.05) is 36.8 Å². The normalized spacial score (nSPS) is 14.6. The Kier molecular flexibility index (Phi) is 7.97. The fourth-order valence-electron chi connectivity index (χ4n) is 3.54. The number of hydrogen-bond acceptors (Lipinski definition) is 6. The van der Waals surface area contributed by atoms with Crippen LogP contribution in [0, 0.1) is 0 Å². The second-order valence-electron chi connectivity index (χ2n) is 7.75. The fraction of sp³-hybridized carbons (Fsp3) is 0.417. The number of benzene rings is 2. The molecule has 0 saturated carbocycles. The van der Waals surface area contributed by atoms with Gasteiger partial charge < -0.3 is 9.47 Å². The molecular formula is C24H28ClN3O3S. The summed E-state index contributed by atoms with van der Waals surface area (Å²) < 4.78 is 12.2. The van der Waals surface area contributed by atoms with Crippen LogP contribution in [-0.2, 0) is 4.74 Å². The molecule has 6 nitrogen and oxygen atoms in total. The Morgan fingerprint density at radius 1 is 1.22 bits per heavy atom. The van der Waals surface area contributed by atoms with Crippen molar-refractivity contribution in [3.8, 4) is 5.75 Å². The molecule has 1 fully saturated rings. The third kappa shape index (κ3) is 5.78. The van der Waals surface area contributed by atoms with E-state index in [4.69, 9.17) is 26.1 Å². The lowest BCUT2D eigenvalue weighted by Gasteiger charge is -2.29. The minimum Gasteiger partial charge on any atom is -0.494 e. The molecule has 8 heteroatoms.